The highest BCUT2D eigenvalue weighted by molar-refractivity contribution is 7.13. The predicted molar refractivity (Wildman–Crippen MR) is 95.5 cm³/mol. The third kappa shape index (κ3) is 4.90. The van der Waals surface area contributed by atoms with E-state index in [4.69, 9.17) is 4.42 Å². The fourth-order valence-corrected chi connectivity index (χ4v) is 3.44. The van der Waals surface area contributed by atoms with E-state index in [-0.39, 0.29) is 11.7 Å². The van der Waals surface area contributed by atoms with E-state index in [1.807, 2.05) is 5.38 Å². The highest BCUT2D eigenvalue weighted by atomic mass is 32.1. The molecule has 1 aliphatic rings. The predicted octanol–water partition coefficient (Wildman–Crippen LogP) is 2.48. The first-order valence-corrected chi connectivity index (χ1v) is 9.32. The molecule has 1 fully saturated rings. The van der Waals surface area contributed by atoms with Crippen molar-refractivity contribution >= 4 is 28.3 Å². The van der Waals surface area contributed by atoms with Gasteiger partial charge in [0.25, 0.3) is 5.91 Å². The van der Waals surface area contributed by atoms with Crippen molar-refractivity contribution in [2.45, 2.75) is 38.8 Å². The molecule has 2 aromatic rings. The van der Waals surface area contributed by atoms with E-state index < -0.39 is 11.9 Å². The number of anilines is 1. The van der Waals surface area contributed by atoms with E-state index in [9.17, 15) is 9.59 Å². The van der Waals surface area contributed by atoms with E-state index in [1.54, 1.807) is 19.1 Å². The van der Waals surface area contributed by atoms with Gasteiger partial charge in [0, 0.05) is 11.9 Å². The van der Waals surface area contributed by atoms with Crippen molar-refractivity contribution in [3.05, 3.63) is 35.2 Å². The normalized spacial score (nSPS) is 16.4. The highest BCUT2D eigenvalue weighted by Gasteiger charge is 2.19. The number of furan rings is 1. The molecule has 1 saturated heterocycles. The Hall–Kier alpha value is -2.19. The van der Waals surface area contributed by atoms with Gasteiger partial charge >= 0.3 is 0 Å². The molecule has 2 N–H and O–H groups in total. The summed E-state index contributed by atoms with van der Waals surface area (Å²) in [6, 6.07) is 2.49. The van der Waals surface area contributed by atoms with Crippen molar-refractivity contribution < 1.29 is 14.0 Å². The van der Waals surface area contributed by atoms with Crippen molar-refractivity contribution in [2.75, 3.05) is 18.4 Å². The number of nitrogens with zero attached hydrogens (tertiary/aromatic N) is 2. The summed E-state index contributed by atoms with van der Waals surface area (Å²) in [5, 5.41) is 7.87. The zero-order valence-corrected chi connectivity index (χ0v) is 15.0. The van der Waals surface area contributed by atoms with Gasteiger partial charge in [0.15, 0.2) is 10.9 Å². The minimum atomic E-state index is -0.688. The van der Waals surface area contributed by atoms with Gasteiger partial charge in [0.2, 0.25) is 5.91 Å². The lowest BCUT2D eigenvalue weighted by atomic mass is 10.1. The minimum Gasteiger partial charge on any atom is -0.459 e. The van der Waals surface area contributed by atoms with Crippen LogP contribution < -0.4 is 10.6 Å². The summed E-state index contributed by atoms with van der Waals surface area (Å²) >= 11 is 1.40. The van der Waals surface area contributed by atoms with Crippen LogP contribution in [0.25, 0.3) is 0 Å². The third-order valence-corrected chi connectivity index (χ3v) is 4.91. The maximum atomic E-state index is 12.2. The SMILES string of the molecule is CC(NC(=O)c1ccco1)C(=O)Nc1nc(CN2CCCCC2)cs1. The summed E-state index contributed by atoms with van der Waals surface area (Å²) in [5.41, 5.74) is 0.967. The Kier molecular flexibility index (Phi) is 5.83. The van der Waals surface area contributed by atoms with Gasteiger partial charge in [0.05, 0.1) is 12.0 Å². The van der Waals surface area contributed by atoms with Crippen LogP contribution in [0.3, 0.4) is 0 Å². The smallest absolute Gasteiger partial charge is 0.287 e. The molecule has 25 heavy (non-hydrogen) atoms. The number of hydrogen-bond donors (Lipinski definition) is 2. The lowest BCUT2D eigenvalue weighted by molar-refractivity contribution is -0.117. The molecular formula is C17H22N4O3S. The molecule has 1 aliphatic heterocycles. The summed E-state index contributed by atoms with van der Waals surface area (Å²) in [4.78, 5) is 31.0. The molecule has 0 bridgehead atoms. The van der Waals surface area contributed by atoms with Crippen molar-refractivity contribution in [2.24, 2.45) is 0 Å². The van der Waals surface area contributed by atoms with E-state index >= 15 is 0 Å². The van der Waals surface area contributed by atoms with Gasteiger partial charge < -0.3 is 15.1 Å². The first-order valence-electron chi connectivity index (χ1n) is 8.44. The van der Waals surface area contributed by atoms with Gasteiger partial charge in [-0.05, 0) is 45.0 Å². The Morgan fingerprint density at radius 3 is 2.88 bits per heavy atom. The summed E-state index contributed by atoms with van der Waals surface area (Å²) < 4.78 is 5.01. The third-order valence-electron chi connectivity index (χ3n) is 4.10. The average molecular weight is 362 g/mol. The van der Waals surface area contributed by atoms with Crippen molar-refractivity contribution in [1.29, 1.82) is 0 Å². The molecular weight excluding hydrogens is 340 g/mol. The second-order valence-corrected chi connectivity index (χ2v) is 7.00. The molecule has 0 aromatic carbocycles. The Labute approximate surface area is 150 Å². The quantitative estimate of drug-likeness (QED) is 0.824. The molecule has 3 rings (SSSR count). The Morgan fingerprint density at radius 1 is 1.36 bits per heavy atom. The highest BCUT2D eigenvalue weighted by Crippen LogP contribution is 2.19. The molecule has 1 unspecified atom stereocenters. The molecule has 0 radical (unpaired) electrons. The van der Waals surface area contributed by atoms with Crippen LogP contribution in [0.15, 0.2) is 28.2 Å². The molecule has 1 atom stereocenters. The van der Waals surface area contributed by atoms with E-state index in [0.717, 1.165) is 25.3 Å². The molecule has 0 aliphatic carbocycles. The van der Waals surface area contributed by atoms with Crippen LogP contribution in [0, 0.1) is 0 Å². The molecule has 0 spiro atoms. The van der Waals surface area contributed by atoms with Crippen LogP contribution in [0.1, 0.15) is 42.4 Å². The number of aromatic nitrogens is 1. The molecule has 0 saturated carbocycles. The van der Waals surface area contributed by atoms with Crippen LogP contribution in [-0.4, -0.2) is 40.8 Å². The zero-order chi connectivity index (χ0) is 17.6. The van der Waals surface area contributed by atoms with Crippen LogP contribution in [-0.2, 0) is 11.3 Å². The van der Waals surface area contributed by atoms with Crippen molar-refractivity contribution in [3.63, 3.8) is 0 Å². The number of piperidine rings is 1. The second kappa shape index (κ2) is 8.26. The molecule has 2 amide bonds. The molecule has 7 nitrogen and oxygen atoms in total. The van der Waals surface area contributed by atoms with Gasteiger partial charge in [-0.3, -0.25) is 14.5 Å². The van der Waals surface area contributed by atoms with Crippen molar-refractivity contribution in [3.8, 4) is 0 Å². The number of nitrogens with one attached hydrogen (secondary N) is 2. The largest absolute Gasteiger partial charge is 0.459 e. The second-order valence-electron chi connectivity index (χ2n) is 6.14. The standard InChI is InChI=1S/C17H22N4O3S/c1-12(18-16(23)14-6-5-9-24-14)15(22)20-17-19-13(11-25-17)10-21-7-3-2-4-8-21/h5-6,9,11-12H,2-4,7-8,10H2,1H3,(H,18,23)(H,19,20,22). The number of amides is 2. The van der Waals surface area contributed by atoms with Crippen LogP contribution >= 0.6 is 11.3 Å². The summed E-state index contributed by atoms with van der Waals surface area (Å²) in [7, 11) is 0. The lowest BCUT2D eigenvalue weighted by Crippen LogP contribution is -2.41. The van der Waals surface area contributed by atoms with Gasteiger partial charge in [-0.15, -0.1) is 11.3 Å². The number of carbonyl (C=O) groups is 2. The summed E-state index contributed by atoms with van der Waals surface area (Å²) in [6.07, 6.45) is 5.19. The van der Waals surface area contributed by atoms with E-state index in [1.165, 1.54) is 36.9 Å². The first kappa shape index (κ1) is 17.6. The van der Waals surface area contributed by atoms with Gasteiger partial charge in [0.1, 0.15) is 6.04 Å². The Bertz CT molecular complexity index is 707. The summed E-state index contributed by atoms with van der Waals surface area (Å²) in [6.45, 7) is 4.65. The average Bonchev–Trinajstić information content (AvgIpc) is 3.28. The lowest BCUT2D eigenvalue weighted by Gasteiger charge is -2.25. The number of likely N-dealkylation sites (tertiary alicyclic amines) is 1. The van der Waals surface area contributed by atoms with Crippen molar-refractivity contribution in [1.82, 2.24) is 15.2 Å². The van der Waals surface area contributed by atoms with E-state index in [0.29, 0.717) is 5.13 Å². The van der Waals surface area contributed by atoms with E-state index in [2.05, 4.69) is 20.5 Å². The number of thiazole rings is 1. The van der Waals surface area contributed by atoms with Crippen LogP contribution in [0.2, 0.25) is 0 Å². The topological polar surface area (TPSA) is 87.5 Å². The van der Waals surface area contributed by atoms with Crippen LogP contribution in [0.4, 0.5) is 5.13 Å². The van der Waals surface area contributed by atoms with Gasteiger partial charge in [-0.2, -0.15) is 0 Å². The number of rotatable bonds is 6. The maximum absolute atomic E-state index is 12.2. The number of carbonyl (C=O) groups excluding carboxylic acids is 2. The first-order chi connectivity index (χ1) is 12.1. The fourth-order valence-electron chi connectivity index (χ4n) is 2.74. The Balaban J connectivity index is 1.49. The maximum Gasteiger partial charge on any atom is 0.287 e. The van der Waals surface area contributed by atoms with Gasteiger partial charge in [-0.25, -0.2) is 4.98 Å². The molecule has 2 aromatic heterocycles. The molecule has 134 valence electrons. The summed E-state index contributed by atoms with van der Waals surface area (Å²) in [5.74, 6) is -0.547. The number of hydrogen-bond acceptors (Lipinski definition) is 6. The minimum absolute atomic E-state index is 0.178. The van der Waals surface area contributed by atoms with Gasteiger partial charge in [-0.1, -0.05) is 6.42 Å². The molecule has 3 heterocycles. The zero-order valence-electron chi connectivity index (χ0n) is 14.2. The van der Waals surface area contributed by atoms with Crippen LogP contribution in [0.5, 0.6) is 0 Å². The molecule has 8 heteroatoms. The fraction of sp³-hybridized carbons (Fsp3) is 0.471. The monoisotopic (exact) mass is 362 g/mol. The Morgan fingerprint density at radius 2 is 2.16 bits per heavy atom.